The molecule has 3 nitrogen and oxygen atoms in total. The molecule has 1 heterocycles. The van der Waals surface area contributed by atoms with Gasteiger partial charge in [0.25, 0.3) is 0 Å². The Balaban J connectivity index is 2.62. The van der Waals surface area contributed by atoms with Crippen molar-refractivity contribution in [2.24, 2.45) is 0 Å². The lowest BCUT2D eigenvalue weighted by atomic mass is 10.2. The van der Waals surface area contributed by atoms with E-state index in [2.05, 4.69) is 10.3 Å². The zero-order chi connectivity index (χ0) is 9.68. The Morgan fingerprint density at radius 3 is 3.00 bits per heavy atom. The van der Waals surface area contributed by atoms with Gasteiger partial charge in [0.1, 0.15) is 5.15 Å². The second-order valence-corrected chi connectivity index (χ2v) is 3.19. The summed E-state index contributed by atoms with van der Waals surface area (Å²) in [6.07, 6.45) is 2.51. The summed E-state index contributed by atoms with van der Waals surface area (Å²) in [6, 6.07) is 3.64. The van der Waals surface area contributed by atoms with Crippen LogP contribution in [0.25, 0.3) is 0 Å². The molecule has 0 radical (unpaired) electrons. The van der Waals surface area contributed by atoms with Crippen LogP contribution in [-0.4, -0.2) is 22.7 Å². The summed E-state index contributed by atoms with van der Waals surface area (Å²) >= 11 is 5.70. The van der Waals surface area contributed by atoms with Crippen LogP contribution in [0.4, 0.5) is 5.69 Å². The number of pyridine rings is 1. The van der Waals surface area contributed by atoms with Crippen molar-refractivity contribution in [2.75, 3.05) is 11.9 Å². The van der Waals surface area contributed by atoms with Gasteiger partial charge in [-0.15, -0.1) is 0 Å². The van der Waals surface area contributed by atoms with Gasteiger partial charge in [0.2, 0.25) is 0 Å². The number of hydrogen-bond acceptors (Lipinski definition) is 3. The fourth-order valence-corrected chi connectivity index (χ4v) is 1.18. The van der Waals surface area contributed by atoms with E-state index in [1.165, 1.54) is 0 Å². The number of aromatic nitrogens is 1. The molecule has 72 valence electrons. The van der Waals surface area contributed by atoms with Crippen molar-refractivity contribution < 1.29 is 5.11 Å². The maximum atomic E-state index is 8.95. The van der Waals surface area contributed by atoms with Crippen LogP contribution >= 0.6 is 11.6 Å². The number of rotatable bonds is 4. The minimum absolute atomic E-state index is 0.0819. The number of nitrogens with zero attached hydrogens (tertiary/aromatic N) is 1. The average Bonchev–Trinajstić information content (AvgIpc) is 2.14. The monoisotopic (exact) mass is 200 g/mol. The van der Waals surface area contributed by atoms with Crippen LogP contribution in [0.1, 0.15) is 13.3 Å². The number of aliphatic hydroxyl groups is 1. The molecule has 1 aromatic heterocycles. The highest BCUT2D eigenvalue weighted by Crippen LogP contribution is 2.13. The normalized spacial score (nSPS) is 12.5. The highest BCUT2D eigenvalue weighted by atomic mass is 35.5. The summed E-state index contributed by atoms with van der Waals surface area (Å²) in [7, 11) is 0. The second kappa shape index (κ2) is 5.04. The Labute approximate surface area is 82.8 Å². The quantitative estimate of drug-likeness (QED) is 0.730. The molecule has 0 unspecified atom stereocenters. The van der Waals surface area contributed by atoms with Crippen molar-refractivity contribution in [3.8, 4) is 0 Å². The molecule has 0 aliphatic carbocycles. The van der Waals surface area contributed by atoms with E-state index in [9.17, 15) is 0 Å². The van der Waals surface area contributed by atoms with Gasteiger partial charge in [-0.2, -0.15) is 0 Å². The summed E-state index contributed by atoms with van der Waals surface area (Å²) in [5.74, 6) is 0. The molecule has 1 rings (SSSR count). The topological polar surface area (TPSA) is 45.1 Å². The van der Waals surface area contributed by atoms with E-state index < -0.39 is 0 Å². The number of anilines is 1. The highest BCUT2D eigenvalue weighted by Gasteiger charge is 2.03. The molecule has 1 atom stereocenters. The number of halogens is 1. The molecule has 0 saturated heterocycles. The van der Waals surface area contributed by atoms with Crippen LogP contribution in [0.15, 0.2) is 18.3 Å². The number of nitrogens with one attached hydrogen (secondary N) is 1. The van der Waals surface area contributed by atoms with Crippen LogP contribution in [0.5, 0.6) is 0 Å². The van der Waals surface area contributed by atoms with Gasteiger partial charge in [-0.3, -0.25) is 0 Å². The Hall–Kier alpha value is -0.800. The number of aliphatic hydroxyl groups excluding tert-OH is 1. The van der Waals surface area contributed by atoms with Gasteiger partial charge in [-0.1, -0.05) is 18.5 Å². The average molecular weight is 201 g/mol. The van der Waals surface area contributed by atoms with Crippen LogP contribution in [0, 0.1) is 0 Å². The number of hydrogen-bond donors (Lipinski definition) is 2. The predicted octanol–water partition coefficient (Wildman–Crippen LogP) is 1.92. The molecule has 0 bridgehead atoms. The van der Waals surface area contributed by atoms with Crippen molar-refractivity contribution in [1.29, 1.82) is 0 Å². The fraction of sp³-hybridized carbons (Fsp3) is 0.444. The van der Waals surface area contributed by atoms with Crippen LogP contribution in [0.2, 0.25) is 5.15 Å². The van der Waals surface area contributed by atoms with Gasteiger partial charge in [-0.25, -0.2) is 4.98 Å². The summed E-state index contributed by atoms with van der Waals surface area (Å²) < 4.78 is 0. The fourth-order valence-electron chi connectivity index (χ4n) is 1.00. The first-order valence-electron chi connectivity index (χ1n) is 4.25. The third-order valence-electron chi connectivity index (χ3n) is 1.81. The van der Waals surface area contributed by atoms with E-state index in [0.29, 0.717) is 5.15 Å². The van der Waals surface area contributed by atoms with Crippen molar-refractivity contribution in [1.82, 2.24) is 4.98 Å². The van der Waals surface area contributed by atoms with Gasteiger partial charge in [0, 0.05) is 17.9 Å². The first-order chi connectivity index (χ1) is 6.26. The third kappa shape index (κ3) is 3.20. The molecule has 0 spiro atoms. The molecule has 0 amide bonds. The lowest BCUT2D eigenvalue weighted by Crippen LogP contribution is -2.22. The lowest BCUT2D eigenvalue weighted by Gasteiger charge is -2.14. The maximum absolute atomic E-state index is 8.95. The summed E-state index contributed by atoms with van der Waals surface area (Å²) in [5, 5.41) is 12.5. The highest BCUT2D eigenvalue weighted by molar-refractivity contribution is 6.29. The van der Waals surface area contributed by atoms with Crippen molar-refractivity contribution in [3.63, 3.8) is 0 Å². The molecule has 4 heteroatoms. The van der Waals surface area contributed by atoms with E-state index in [-0.39, 0.29) is 12.6 Å². The van der Waals surface area contributed by atoms with Gasteiger partial charge < -0.3 is 10.4 Å². The predicted molar refractivity (Wildman–Crippen MR) is 54.0 cm³/mol. The molecule has 0 aromatic carbocycles. The molecule has 1 aromatic rings. The Morgan fingerprint density at radius 1 is 1.69 bits per heavy atom. The van der Waals surface area contributed by atoms with Crippen LogP contribution in [-0.2, 0) is 0 Å². The van der Waals surface area contributed by atoms with Gasteiger partial charge in [0.05, 0.1) is 6.61 Å². The third-order valence-corrected chi connectivity index (χ3v) is 2.02. The summed E-state index contributed by atoms with van der Waals surface area (Å²) in [6.45, 7) is 2.13. The zero-order valence-corrected chi connectivity index (χ0v) is 8.25. The zero-order valence-electron chi connectivity index (χ0n) is 7.50. The van der Waals surface area contributed by atoms with Crippen molar-refractivity contribution in [2.45, 2.75) is 19.4 Å². The molecule has 0 fully saturated rings. The molecular weight excluding hydrogens is 188 g/mol. The van der Waals surface area contributed by atoms with Gasteiger partial charge in [0.15, 0.2) is 0 Å². The molecule has 13 heavy (non-hydrogen) atoms. The summed E-state index contributed by atoms with van der Waals surface area (Å²) in [5.41, 5.74) is 0.890. The Kier molecular flexibility index (Phi) is 3.99. The van der Waals surface area contributed by atoms with E-state index in [1.54, 1.807) is 12.3 Å². The molecule has 2 N–H and O–H groups in total. The second-order valence-electron chi connectivity index (χ2n) is 2.80. The van der Waals surface area contributed by atoms with Crippen LogP contribution in [0.3, 0.4) is 0 Å². The summed E-state index contributed by atoms with van der Waals surface area (Å²) in [4.78, 5) is 3.86. The van der Waals surface area contributed by atoms with Gasteiger partial charge in [-0.05, 0) is 18.6 Å². The molecule has 0 saturated carbocycles. The van der Waals surface area contributed by atoms with Crippen molar-refractivity contribution >= 4 is 17.3 Å². The van der Waals surface area contributed by atoms with E-state index >= 15 is 0 Å². The lowest BCUT2D eigenvalue weighted by molar-refractivity contribution is 0.272. The van der Waals surface area contributed by atoms with E-state index in [0.717, 1.165) is 12.1 Å². The Morgan fingerprint density at radius 2 is 2.46 bits per heavy atom. The largest absolute Gasteiger partial charge is 0.394 e. The standard InChI is InChI=1S/C9H13ClN2O/c1-2-7(6-13)12-8-3-4-11-9(10)5-8/h3-5,7,13H,2,6H2,1H3,(H,11,12)/t7-/m0/s1. The minimum Gasteiger partial charge on any atom is -0.394 e. The molecule has 0 aliphatic heterocycles. The minimum atomic E-state index is 0.0819. The van der Waals surface area contributed by atoms with E-state index in [4.69, 9.17) is 16.7 Å². The molecular formula is C9H13ClN2O. The SMILES string of the molecule is CC[C@@H](CO)Nc1ccnc(Cl)c1. The van der Waals surface area contributed by atoms with E-state index in [1.807, 2.05) is 13.0 Å². The first-order valence-corrected chi connectivity index (χ1v) is 4.63. The first kappa shape index (κ1) is 10.3. The van der Waals surface area contributed by atoms with Crippen molar-refractivity contribution in [3.05, 3.63) is 23.5 Å². The molecule has 0 aliphatic rings. The van der Waals surface area contributed by atoms with Crippen LogP contribution < -0.4 is 5.32 Å². The smallest absolute Gasteiger partial charge is 0.131 e. The maximum Gasteiger partial charge on any atom is 0.131 e. The Bertz CT molecular complexity index is 264. The van der Waals surface area contributed by atoms with Gasteiger partial charge >= 0.3 is 0 Å².